The van der Waals surface area contributed by atoms with Gasteiger partial charge in [0.05, 0.1) is 26.1 Å². The van der Waals surface area contributed by atoms with Gasteiger partial charge >= 0.3 is 0 Å². The molecule has 78 valence electrons. The fourth-order valence-corrected chi connectivity index (χ4v) is 1.92. The Kier molecular flexibility index (Phi) is 2.19. The topological polar surface area (TPSA) is 31.6 Å². The molecule has 0 radical (unpaired) electrons. The molecule has 3 rings (SSSR count). The number of para-hydroxylation sites is 1. The second-order valence-corrected chi connectivity index (χ2v) is 3.62. The van der Waals surface area contributed by atoms with E-state index in [0.717, 1.165) is 16.5 Å². The quantitative estimate of drug-likeness (QED) is 0.715. The van der Waals surface area contributed by atoms with Crippen LogP contribution in [0.25, 0.3) is 11.0 Å². The van der Waals surface area contributed by atoms with E-state index < -0.39 is 0 Å². The molecule has 1 fully saturated rings. The van der Waals surface area contributed by atoms with Crippen LogP contribution >= 0.6 is 0 Å². The average molecular weight is 204 g/mol. The Morgan fingerprint density at radius 2 is 2.07 bits per heavy atom. The molecule has 0 bridgehead atoms. The van der Waals surface area contributed by atoms with Crippen LogP contribution in [0.5, 0.6) is 0 Å². The molecule has 3 heteroatoms. The smallest absolute Gasteiger partial charge is 0.134 e. The first kappa shape index (κ1) is 8.95. The third-order valence-electron chi connectivity index (χ3n) is 2.67. The van der Waals surface area contributed by atoms with Crippen molar-refractivity contribution in [1.82, 2.24) is 0 Å². The van der Waals surface area contributed by atoms with E-state index >= 15 is 0 Å². The molecule has 2 aromatic rings. The van der Waals surface area contributed by atoms with Crippen molar-refractivity contribution >= 4 is 11.0 Å². The number of hydrogen-bond acceptors (Lipinski definition) is 3. The van der Waals surface area contributed by atoms with Gasteiger partial charge < -0.3 is 13.9 Å². The van der Waals surface area contributed by atoms with Crippen LogP contribution in [0.15, 0.2) is 34.9 Å². The fraction of sp³-hybridized carbons (Fsp3) is 0.333. The number of benzene rings is 1. The summed E-state index contributed by atoms with van der Waals surface area (Å²) < 4.78 is 16.5. The number of hydrogen-bond donors (Lipinski definition) is 0. The Morgan fingerprint density at radius 1 is 1.13 bits per heavy atom. The largest absolute Gasteiger partial charge is 0.464 e. The predicted molar refractivity (Wildman–Crippen MR) is 55.7 cm³/mol. The van der Waals surface area contributed by atoms with E-state index in [1.165, 1.54) is 0 Å². The third kappa shape index (κ3) is 1.54. The van der Waals surface area contributed by atoms with Crippen LogP contribution in [-0.4, -0.2) is 19.8 Å². The Balaban J connectivity index is 2.02. The molecule has 1 aromatic carbocycles. The monoisotopic (exact) mass is 204 g/mol. The van der Waals surface area contributed by atoms with Crippen molar-refractivity contribution in [2.75, 3.05) is 19.8 Å². The van der Waals surface area contributed by atoms with E-state index in [0.29, 0.717) is 19.8 Å². The molecule has 2 heterocycles. The van der Waals surface area contributed by atoms with Crippen LogP contribution in [-0.2, 0) is 9.47 Å². The van der Waals surface area contributed by atoms with Gasteiger partial charge in [-0.15, -0.1) is 0 Å². The van der Waals surface area contributed by atoms with Gasteiger partial charge in [-0.2, -0.15) is 0 Å². The summed E-state index contributed by atoms with van der Waals surface area (Å²) in [6, 6.07) is 7.98. The average Bonchev–Trinajstić information content (AvgIpc) is 2.74. The van der Waals surface area contributed by atoms with Crippen LogP contribution in [0.1, 0.15) is 11.7 Å². The van der Waals surface area contributed by atoms with E-state index in [1.54, 1.807) is 6.26 Å². The first-order valence-corrected chi connectivity index (χ1v) is 5.10. The van der Waals surface area contributed by atoms with Gasteiger partial charge in [0.25, 0.3) is 0 Å². The summed E-state index contributed by atoms with van der Waals surface area (Å²) in [6.07, 6.45) is 1.78. The lowest BCUT2D eigenvalue weighted by Crippen LogP contribution is -2.21. The summed E-state index contributed by atoms with van der Waals surface area (Å²) in [5.74, 6) is 0. The van der Waals surface area contributed by atoms with E-state index in [9.17, 15) is 0 Å². The van der Waals surface area contributed by atoms with Gasteiger partial charge in [-0.3, -0.25) is 0 Å². The highest BCUT2D eigenvalue weighted by atomic mass is 16.6. The Labute approximate surface area is 87.6 Å². The Bertz CT molecular complexity index is 455. The molecule has 1 saturated heterocycles. The third-order valence-corrected chi connectivity index (χ3v) is 2.67. The highest BCUT2D eigenvalue weighted by molar-refractivity contribution is 5.81. The zero-order valence-electron chi connectivity index (χ0n) is 8.31. The first-order chi connectivity index (χ1) is 7.45. The fourth-order valence-electron chi connectivity index (χ4n) is 1.92. The van der Waals surface area contributed by atoms with Crippen LogP contribution in [0.3, 0.4) is 0 Å². The molecule has 3 nitrogen and oxygen atoms in total. The molecule has 15 heavy (non-hydrogen) atoms. The molecular weight excluding hydrogens is 192 g/mol. The molecule has 0 N–H and O–H groups in total. The minimum Gasteiger partial charge on any atom is -0.464 e. The molecule has 0 saturated carbocycles. The van der Waals surface area contributed by atoms with Gasteiger partial charge in [-0.05, 0) is 6.07 Å². The van der Waals surface area contributed by atoms with Gasteiger partial charge in [-0.1, -0.05) is 18.2 Å². The lowest BCUT2D eigenvalue weighted by atomic mass is 10.1. The summed E-state index contributed by atoms with van der Waals surface area (Å²) >= 11 is 0. The highest BCUT2D eigenvalue weighted by Crippen LogP contribution is 2.29. The van der Waals surface area contributed by atoms with Crippen LogP contribution < -0.4 is 0 Å². The standard InChI is InChI=1S/C12H12O3/c1-2-4-11-9(3-1)10(7-15-11)12-8-13-5-6-14-12/h1-4,7,12H,5-6,8H2. The number of ether oxygens (including phenoxy) is 2. The maximum atomic E-state index is 5.65. The molecule has 1 atom stereocenters. The van der Waals surface area contributed by atoms with Crippen LogP contribution in [0, 0.1) is 0 Å². The molecule has 1 aliphatic heterocycles. The second kappa shape index (κ2) is 3.68. The zero-order valence-corrected chi connectivity index (χ0v) is 8.31. The summed E-state index contributed by atoms with van der Waals surface area (Å²) in [6.45, 7) is 1.96. The van der Waals surface area contributed by atoms with Gasteiger partial charge in [0, 0.05) is 10.9 Å². The van der Waals surface area contributed by atoms with E-state index in [-0.39, 0.29) is 6.10 Å². The summed E-state index contributed by atoms with van der Waals surface area (Å²) in [7, 11) is 0. The lowest BCUT2D eigenvalue weighted by Gasteiger charge is -2.22. The second-order valence-electron chi connectivity index (χ2n) is 3.62. The van der Waals surface area contributed by atoms with E-state index in [4.69, 9.17) is 13.9 Å². The van der Waals surface area contributed by atoms with Crippen molar-refractivity contribution < 1.29 is 13.9 Å². The number of rotatable bonds is 1. The number of fused-ring (bicyclic) bond motifs is 1. The summed E-state index contributed by atoms with van der Waals surface area (Å²) in [5, 5.41) is 1.12. The maximum absolute atomic E-state index is 5.65. The van der Waals surface area contributed by atoms with Crippen molar-refractivity contribution in [1.29, 1.82) is 0 Å². The van der Waals surface area contributed by atoms with Gasteiger partial charge in [0.2, 0.25) is 0 Å². The lowest BCUT2D eigenvalue weighted by molar-refractivity contribution is -0.0898. The van der Waals surface area contributed by atoms with Gasteiger partial charge in [0.15, 0.2) is 0 Å². The SMILES string of the molecule is c1ccc2c(C3COCCO3)coc2c1. The van der Waals surface area contributed by atoms with Crippen molar-refractivity contribution in [2.45, 2.75) is 6.10 Å². The molecular formula is C12H12O3. The van der Waals surface area contributed by atoms with E-state index in [1.807, 2.05) is 24.3 Å². The Morgan fingerprint density at radius 3 is 2.93 bits per heavy atom. The minimum atomic E-state index is 0.0161. The normalized spacial score (nSPS) is 22.0. The predicted octanol–water partition coefficient (Wildman–Crippen LogP) is 2.52. The first-order valence-electron chi connectivity index (χ1n) is 5.10. The van der Waals surface area contributed by atoms with Crippen molar-refractivity contribution in [2.24, 2.45) is 0 Å². The molecule has 1 aliphatic rings. The molecule has 0 amide bonds. The molecule has 1 unspecified atom stereocenters. The van der Waals surface area contributed by atoms with Crippen LogP contribution in [0.2, 0.25) is 0 Å². The molecule has 0 aliphatic carbocycles. The zero-order chi connectivity index (χ0) is 10.1. The minimum absolute atomic E-state index is 0.0161. The van der Waals surface area contributed by atoms with Crippen molar-refractivity contribution in [3.63, 3.8) is 0 Å². The van der Waals surface area contributed by atoms with Crippen LogP contribution in [0.4, 0.5) is 0 Å². The highest BCUT2D eigenvalue weighted by Gasteiger charge is 2.20. The summed E-state index contributed by atoms with van der Waals surface area (Å²) in [5.41, 5.74) is 1.99. The molecule has 0 spiro atoms. The van der Waals surface area contributed by atoms with E-state index in [2.05, 4.69) is 0 Å². The van der Waals surface area contributed by atoms with Crippen molar-refractivity contribution in [3.05, 3.63) is 36.1 Å². The van der Waals surface area contributed by atoms with Gasteiger partial charge in [-0.25, -0.2) is 0 Å². The summed E-state index contributed by atoms with van der Waals surface area (Å²) in [4.78, 5) is 0. The van der Waals surface area contributed by atoms with Gasteiger partial charge in [0.1, 0.15) is 11.7 Å². The Hall–Kier alpha value is -1.32. The number of furan rings is 1. The molecule has 1 aromatic heterocycles. The van der Waals surface area contributed by atoms with Crippen molar-refractivity contribution in [3.8, 4) is 0 Å². The maximum Gasteiger partial charge on any atom is 0.134 e.